The van der Waals surface area contributed by atoms with Crippen LogP contribution < -0.4 is 4.72 Å². The molecular weight excluding hydrogens is 306 g/mol. The molecule has 1 saturated heterocycles. The van der Waals surface area contributed by atoms with Crippen LogP contribution in [0.4, 0.5) is 0 Å². The Morgan fingerprint density at radius 1 is 1.30 bits per heavy atom. The zero-order valence-corrected chi connectivity index (χ0v) is 12.7. The average molecular weight is 325 g/mol. The molecule has 2 N–H and O–H groups in total. The monoisotopic (exact) mass is 325 g/mol. The van der Waals surface area contributed by atoms with Gasteiger partial charge in [-0.05, 0) is 19.3 Å². The fraction of sp³-hybridized carbons (Fsp3) is 0.909. The molecule has 0 aromatic rings. The molecule has 116 valence electrons. The Kier molecular flexibility index (Phi) is 4.14. The third-order valence-corrected chi connectivity index (χ3v) is 8.06. The highest BCUT2D eigenvalue weighted by Gasteiger charge is 2.44. The molecule has 0 amide bonds. The van der Waals surface area contributed by atoms with Gasteiger partial charge in [-0.25, -0.2) is 21.6 Å². The van der Waals surface area contributed by atoms with Crippen molar-refractivity contribution in [3.05, 3.63) is 0 Å². The van der Waals surface area contributed by atoms with Crippen LogP contribution in [0, 0.1) is 5.41 Å². The molecule has 7 nitrogen and oxygen atoms in total. The molecule has 2 fully saturated rings. The van der Waals surface area contributed by atoms with Gasteiger partial charge in [0.2, 0.25) is 10.0 Å². The zero-order chi connectivity index (χ0) is 15.0. The van der Waals surface area contributed by atoms with Crippen molar-refractivity contribution in [3.63, 3.8) is 0 Å². The first-order valence-electron chi connectivity index (χ1n) is 6.59. The lowest BCUT2D eigenvalue weighted by atomic mass is 9.87. The van der Waals surface area contributed by atoms with Gasteiger partial charge in [-0.2, -0.15) is 0 Å². The normalized spacial score (nSPS) is 28.5. The highest BCUT2D eigenvalue weighted by atomic mass is 32.2. The van der Waals surface area contributed by atoms with Crippen LogP contribution >= 0.6 is 0 Å². The number of nitrogens with one attached hydrogen (secondary N) is 1. The maximum atomic E-state index is 12.1. The molecule has 20 heavy (non-hydrogen) atoms. The summed E-state index contributed by atoms with van der Waals surface area (Å²) in [5, 5.41) is 8.32. The number of carboxylic acid groups (broad SMARTS) is 1. The van der Waals surface area contributed by atoms with E-state index in [-0.39, 0.29) is 24.5 Å². The van der Waals surface area contributed by atoms with Crippen LogP contribution in [0.2, 0.25) is 0 Å². The lowest BCUT2D eigenvalue weighted by Gasteiger charge is -2.24. The summed E-state index contributed by atoms with van der Waals surface area (Å²) in [5.41, 5.74) is -1.04. The number of aliphatic carboxylic acids is 1. The zero-order valence-electron chi connectivity index (χ0n) is 11.0. The van der Waals surface area contributed by atoms with Crippen molar-refractivity contribution in [2.45, 2.75) is 37.4 Å². The van der Waals surface area contributed by atoms with Crippen LogP contribution in [0.5, 0.6) is 0 Å². The molecule has 2 aliphatic rings. The molecule has 1 unspecified atom stereocenters. The second kappa shape index (κ2) is 5.27. The maximum absolute atomic E-state index is 12.1. The second-order valence-corrected chi connectivity index (χ2v) is 9.96. The number of rotatable bonds is 5. The van der Waals surface area contributed by atoms with E-state index in [1.54, 1.807) is 0 Å². The smallest absolute Gasteiger partial charge is 0.310 e. The van der Waals surface area contributed by atoms with Gasteiger partial charge in [-0.15, -0.1) is 0 Å². The van der Waals surface area contributed by atoms with Gasteiger partial charge in [-0.1, -0.05) is 12.8 Å². The standard InChI is InChI=1S/C11H19NO6S2/c13-10(14)11(4-1-2-5-11)8-12-20(17,18)9-3-6-19(15,16)7-9/h9,12H,1-8H2,(H,13,14). The molecule has 0 bridgehead atoms. The molecule has 1 aliphatic heterocycles. The minimum atomic E-state index is -3.78. The third-order valence-electron chi connectivity index (χ3n) is 4.26. The molecule has 2 rings (SSSR count). The van der Waals surface area contributed by atoms with Crippen LogP contribution in [-0.2, 0) is 24.7 Å². The van der Waals surface area contributed by atoms with Crippen molar-refractivity contribution in [3.8, 4) is 0 Å². The SMILES string of the molecule is O=C(O)C1(CNS(=O)(=O)C2CCS(=O)(=O)C2)CCCC1. The van der Waals surface area contributed by atoms with Gasteiger partial charge in [0, 0.05) is 6.54 Å². The molecule has 1 heterocycles. The van der Waals surface area contributed by atoms with Crippen LogP contribution in [-0.4, -0.2) is 51.2 Å². The van der Waals surface area contributed by atoms with E-state index >= 15 is 0 Å². The van der Waals surface area contributed by atoms with E-state index in [4.69, 9.17) is 0 Å². The summed E-state index contributed by atoms with van der Waals surface area (Å²) >= 11 is 0. The second-order valence-electron chi connectivity index (χ2n) is 5.68. The number of hydrogen-bond acceptors (Lipinski definition) is 5. The van der Waals surface area contributed by atoms with Gasteiger partial charge in [0.1, 0.15) is 0 Å². The molecule has 9 heteroatoms. The predicted molar refractivity (Wildman–Crippen MR) is 72.5 cm³/mol. The quantitative estimate of drug-likeness (QED) is 0.719. The summed E-state index contributed by atoms with van der Waals surface area (Å²) in [6.45, 7) is -0.152. The predicted octanol–water partition coefficient (Wildman–Crippen LogP) is -0.262. The summed E-state index contributed by atoms with van der Waals surface area (Å²) in [6, 6.07) is 0. The number of sulfone groups is 1. The Bertz CT molecular complexity index is 588. The number of carbonyl (C=O) groups is 1. The van der Waals surface area contributed by atoms with Crippen molar-refractivity contribution in [2.75, 3.05) is 18.1 Å². The van der Waals surface area contributed by atoms with Crippen LogP contribution in [0.1, 0.15) is 32.1 Å². The Hall–Kier alpha value is -0.670. The highest BCUT2D eigenvalue weighted by molar-refractivity contribution is 7.95. The molecule has 1 aliphatic carbocycles. The lowest BCUT2D eigenvalue weighted by molar-refractivity contribution is -0.148. The van der Waals surface area contributed by atoms with Crippen molar-refractivity contribution < 1.29 is 26.7 Å². The first kappa shape index (κ1) is 15.7. The van der Waals surface area contributed by atoms with Gasteiger partial charge in [0.15, 0.2) is 9.84 Å². The number of hydrogen-bond donors (Lipinski definition) is 2. The Balaban J connectivity index is 2.04. The molecule has 1 saturated carbocycles. The molecule has 0 radical (unpaired) electrons. The van der Waals surface area contributed by atoms with Gasteiger partial charge >= 0.3 is 5.97 Å². The van der Waals surface area contributed by atoms with E-state index in [0.717, 1.165) is 12.8 Å². The fourth-order valence-electron chi connectivity index (χ4n) is 2.88. The maximum Gasteiger partial charge on any atom is 0.310 e. The molecule has 0 aromatic heterocycles. The molecule has 1 atom stereocenters. The van der Waals surface area contributed by atoms with Crippen LogP contribution in [0.25, 0.3) is 0 Å². The molecular formula is C11H19NO6S2. The first-order chi connectivity index (χ1) is 9.17. The van der Waals surface area contributed by atoms with E-state index in [9.17, 15) is 26.7 Å². The van der Waals surface area contributed by atoms with Crippen molar-refractivity contribution in [2.24, 2.45) is 5.41 Å². The number of sulfonamides is 1. The van der Waals surface area contributed by atoms with Crippen molar-refractivity contribution in [1.82, 2.24) is 4.72 Å². The summed E-state index contributed by atoms with van der Waals surface area (Å²) in [6.07, 6.45) is 2.52. The summed E-state index contributed by atoms with van der Waals surface area (Å²) in [5.74, 6) is -1.48. The first-order valence-corrected chi connectivity index (χ1v) is 9.96. The van der Waals surface area contributed by atoms with Crippen molar-refractivity contribution >= 4 is 25.8 Å². The van der Waals surface area contributed by atoms with E-state index in [1.165, 1.54) is 0 Å². The summed E-state index contributed by atoms with van der Waals surface area (Å²) in [7, 11) is -7.07. The van der Waals surface area contributed by atoms with E-state index < -0.39 is 36.5 Å². The Morgan fingerprint density at radius 3 is 2.35 bits per heavy atom. The minimum absolute atomic E-state index is 0.0811. The van der Waals surface area contributed by atoms with Crippen molar-refractivity contribution in [1.29, 1.82) is 0 Å². The van der Waals surface area contributed by atoms with E-state index in [2.05, 4.69) is 4.72 Å². The van der Waals surface area contributed by atoms with Crippen LogP contribution in [0.3, 0.4) is 0 Å². The minimum Gasteiger partial charge on any atom is -0.481 e. The van der Waals surface area contributed by atoms with Gasteiger partial charge in [0.05, 0.1) is 22.2 Å². The number of carboxylic acids is 1. The molecule has 0 aromatic carbocycles. The third kappa shape index (κ3) is 3.15. The topological polar surface area (TPSA) is 118 Å². The van der Waals surface area contributed by atoms with Gasteiger partial charge < -0.3 is 5.11 Å². The largest absolute Gasteiger partial charge is 0.481 e. The van der Waals surface area contributed by atoms with Gasteiger partial charge in [0.25, 0.3) is 0 Å². The fourth-order valence-corrected chi connectivity index (χ4v) is 7.05. The highest BCUT2D eigenvalue weighted by Crippen LogP contribution is 2.38. The Labute approximate surface area is 118 Å². The lowest BCUT2D eigenvalue weighted by Crippen LogP contribution is -2.44. The summed E-state index contributed by atoms with van der Waals surface area (Å²) in [4.78, 5) is 11.3. The Morgan fingerprint density at radius 2 is 1.90 bits per heavy atom. The average Bonchev–Trinajstić information content (AvgIpc) is 2.94. The van der Waals surface area contributed by atoms with Gasteiger partial charge in [-0.3, -0.25) is 4.79 Å². The summed E-state index contributed by atoms with van der Waals surface area (Å²) < 4.78 is 49.1. The van der Waals surface area contributed by atoms with E-state index in [1.807, 2.05) is 0 Å². The van der Waals surface area contributed by atoms with Crippen LogP contribution in [0.15, 0.2) is 0 Å². The van der Waals surface area contributed by atoms with E-state index in [0.29, 0.717) is 12.8 Å². The molecule has 0 spiro atoms.